The van der Waals surface area contributed by atoms with Crippen molar-refractivity contribution in [2.45, 2.75) is 19.6 Å². The van der Waals surface area contributed by atoms with Gasteiger partial charge in [0.25, 0.3) is 0 Å². The molecular weight excluding hydrogens is 304 g/mol. The summed E-state index contributed by atoms with van der Waals surface area (Å²) in [6, 6.07) is 1.89. The molecule has 118 valence electrons. The first kappa shape index (κ1) is 15.1. The quantitative estimate of drug-likeness (QED) is 0.857. The highest BCUT2D eigenvalue weighted by Crippen LogP contribution is 2.14. The number of aromatic nitrogens is 4. The lowest BCUT2D eigenvalue weighted by atomic mass is 10.2. The van der Waals surface area contributed by atoms with Crippen molar-refractivity contribution in [1.29, 1.82) is 0 Å². The Morgan fingerprint density at radius 1 is 1.55 bits per heavy atom. The van der Waals surface area contributed by atoms with E-state index in [1.165, 1.54) is 11.3 Å². The Balaban J connectivity index is 1.48. The minimum atomic E-state index is -0.0733. The van der Waals surface area contributed by atoms with E-state index in [9.17, 15) is 4.79 Å². The molecule has 1 saturated heterocycles. The van der Waals surface area contributed by atoms with Gasteiger partial charge < -0.3 is 4.74 Å². The number of aryl methyl sites for hydroxylation is 1. The minimum Gasteiger partial charge on any atom is -0.374 e. The Bertz CT molecular complexity index is 614. The average molecular weight is 322 g/mol. The molecule has 0 aliphatic carbocycles. The Labute approximate surface area is 132 Å². The number of hydrogen-bond acceptors (Lipinski definition) is 7. The van der Waals surface area contributed by atoms with E-state index >= 15 is 0 Å². The Kier molecular flexibility index (Phi) is 4.76. The van der Waals surface area contributed by atoms with E-state index in [0.29, 0.717) is 31.4 Å². The van der Waals surface area contributed by atoms with Crippen LogP contribution in [0.25, 0.3) is 0 Å². The number of morpholine rings is 1. The predicted octanol–water partition coefficient (Wildman–Crippen LogP) is 0.383. The molecular formula is C13H18N6O2S. The second-order valence-corrected chi connectivity index (χ2v) is 6.31. The van der Waals surface area contributed by atoms with Gasteiger partial charge in [0, 0.05) is 25.5 Å². The highest BCUT2D eigenvalue weighted by molar-refractivity contribution is 7.15. The maximum atomic E-state index is 12.0. The van der Waals surface area contributed by atoms with E-state index < -0.39 is 0 Å². The molecule has 9 heteroatoms. The van der Waals surface area contributed by atoms with Crippen molar-refractivity contribution in [3.05, 3.63) is 23.5 Å². The molecule has 0 aromatic carbocycles. The van der Waals surface area contributed by atoms with Gasteiger partial charge in [0.05, 0.1) is 25.8 Å². The van der Waals surface area contributed by atoms with Crippen LogP contribution >= 0.6 is 11.3 Å². The van der Waals surface area contributed by atoms with Crippen molar-refractivity contribution in [2.75, 3.05) is 31.6 Å². The number of nitrogens with one attached hydrogen (secondary N) is 1. The van der Waals surface area contributed by atoms with Crippen LogP contribution in [0.1, 0.15) is 5.01 Å². The van der Waals surface area contributed by atoms with Gasteiger partial charge in [0.15, 0.2) is 0 Å². The number of amides is 1. The van der Waals surface area contributed by atoms with Crippen LogP contribution in [0.4, 0.5) is 5.13 Å². The van der Waals surface area contributed by atoms with E-state index in [0.717, 1.165) is 11.6 Å². The Hall–Kier alpha value is -1.84. The van der Waals surface area contributed by atoms with Crippen LogP contribution in [0.5, 0.6) is 0 Å². The number of carbonyl (C=O) groups excluding carboxylic acids is 1. The normalized spacial score (nSPS) is 19.2. The molecule has 0 spiro atoms. The van der Waals surface area contributed by atoms with E-state index in [2.05, 4.69) is 25.5 Å². The molecule has 3 heterocycles. The summed E-state index contributed by atoms with van der Waals surface area (Å²) in [6.45, 7) is 4.96. The fraction of sp³-hybridized carbons (Fsp3) is 0.538. The molecule has 0 radical (unpaired) electrons. The van der Waals surface area contributed by atoms with Crippen LogP contribution < -0.4 is 5.32 Å². The van der Waals surface area contributed by atoms with Gasteiger partial charge in [0.2, 0.25) is 11.0 Å². The maximum Gasteiger partial charge on any atom is 0.240 e. The summed E-state index contributed by atoms with van der Waals surface area (Å²) in [6.07, 6.45) is 3.70. The second-order valence-electron chi connectivity index (χ2n) is 5.13. The second kappa shape index (κ2) is 6.95. The molecule has 1 amide bonds. The van der Waals surface area contributed by atoms with Crippen molar-refractivity contribution >= 4 is 22.4 Å². The molecule has 1 aliphatic heterocycles. The molecule has 1 aliphatic rings. The molecule has 0 bridgehead atoms. The third-order valence-electron chi connectivity index (χ3n) is 3.31. The minimum absolute atomic E-state index is 0.0465. The van der Waals surface area contributed by atoms with Crippen LogP contribution in [0, 0.1) is 6.92 Å². The molecule has 8 nitrogen and oxygen atoms in total. The monoisotopic (exact) mass is 322 g/mol. The van der Waals surface area contributed by atoms with Gasteiger partial charge in [-0.2, -0.15) is 5.10 Å². The van der Waals surface area contributed by atoms with Gasteiger partial charge in [-0.15, -0.1) is 10.2 Å². The van der Waals surface area contributed by atoms with Gasteiger partial charge in [-0.05, 0) is 13.0 Å². The zero-order valence-corrected chi connectivity index (χ0v) is 13.1. The van der Waals surface area contributed by atoms with Gasteiger partial charge >= 0.3 is 0 Å². The first-order valence-electron chi connectivity index (χ1n) is 7.10. The van der Waals surface area contributed by atoms with Crippen molar-refractivity contribution in [2.24, 2.45) is 0 Å². The van der Waals surface area contributed by atoms with E-state index in [4.69, 9.17) is 4.74 Å². The molecule has 0 saturated carbocycles. The highest BCUT2D eigenvalue weighted by atomic mass is 32.1. The molecule has 0 unspecified atom stereocenters. The highest BCUT2D eigenvalue weighted by Gasteiger charge is 2.23. The number of ether oxygens (including phenoxy) is 1. The number of carbonyl (C=O) groups is 1. The van der Waals surface area contributed by atoms with Gasteiger partial charge in [-0.1, -0.05) is 11.3 Å². The standard InChI is InChI=1S/C13H18N6O2S/c1-10-16-17-13(22-10)15-12(20)9-18-5-6-21-11(7-18)8-19-4-2-3-14-19/h2-4,11H,5-9H2,1H3,(H,15,17,20)/t11-/m1/s1. The van der Waals surface area contributed by atoms with Gasteiger partial charge in [-0.3, -0.25) is 19.7 Å². The Morgan fingerprint density at radius 2 is 2.45 bits per heavy atom. The van der Waals surface area contributed by atoms with E-state index in [1.807, 2.05) is 23.9 Å². The maximum absolute atomic E-state index is 12.0. The summed E-state index contributed by atoms with van der Waals surface area (Å²) in [4.78, 5) is 14.1. The topological polar surface area (TPSA) is 85.2 Å². The SMILES string of the molecule is Cc1nnc(NC(=O)CN2CCO[C@@H](Cn3cccn3)C2)s1. The van der Waals surface area contributed by atoms with Crippen LogP contribution in [-0.2, 0) is 16.1 Å². The lowest BCUT2D eigenvalue weighted by Crippen LogP contribution is -2.47. The summed E-state index contributed by atoms with van der Waals surface area (Å²) in [7, 11) is 0. The van der Waals surface area contributed by atoms with Crippen LogP contribution in [-0.4, -0.2) is 63.1 Å². The van der Waals surface area contributed by atoms with Crippen LogP contribution in [0.2, 0.25) is 0 Å². The molecule has 2 aromatic rings. The zero-order chi connectivity index (χ0) is 15.4. The molecule has 2 aromatic heterocycles. The summed E-state index contributed by atoms with van der Waals surface area (Å²) in [5.41, 5.74) is 0. The van der Waals surface area contributed by atoms with E-state index in [-0.39, 0.29) is 12.0 Å². The lowest BCUT2D eigenvalue weighted by Gasteiger charge is -2.32. The smallest absolute Gasteiger partial charge is 0.240 e. The fourth-order valence-electron chi connectivity index (χ4n) is 2.36. The molecule has 22 heavy (non-hydrogen) atoms. The molecule has 3 rings (SSSR count). The number of nitrogens with zero attached hydrogens (tertiary/aromatic N) is 5. The fourth-order valence-corrected chi connectivity index (χ4v) is 2.97. The largest absolute Gasteiger partial charge is 0.374 e. The van der Waals surface area contributed by atoms with Crippen molar-refractivity contribution < 1.29 is 9.53 Å². The van der Waals surface area contributed by atoms with Gasteiger partial charge in [0.1, 0.15) is 5.01 Å². The summed E-state index contributed by atoms with van der Waals surface area (Å²) in [5.74, 6) is -0.0733. The average Bonchev–Trinajstić information content (AvgIpc) is 3.11. The predicted molar refractivity (Wildman–Crippen MR) is 81.7 cm³/mol. The van der Waals surface area contributed by atoms with Crippen molar-refractivity contribution in [1.82, 2.24) is 24.9 Å². The first-order chi connectivity index (χ1) is 10.7. The Morgan fingerprint density at radius 3 is 3.18 bits per heavy atom. The number of anilines is 1. The number of hydrogen-bond donors (Lipinski definition) is 1. The van der Waals surface area contributed by atoms with E-state index in [1.54, 1.807) is 6.20 Å². The summed E-state index contributed by atoms with van der Waals surface area (Å²) < 4.78 is 7.58. The third-order valence-corrected chi connectivity index (χ3v) is 4.07. The van der Waals surface area contributed by atoms with Crippen molar-refractivity contribution in [3.63, 3.8) is 0 Å². The first-order valence-corrected chi connectivity index (χ1v) is 7.92. The third kappa shape index (κ3) is 4.09. The van der Waals surface area contributed by atoms with Crippen molar-refractivity contribution in [3.8, 4) is 0 Å². The summed E-state index contributed by atoms with van der Waals surface area (Å²) >= 11 is 1.37. The van der Waals surface area contributed by atoms with Crippen LogP contribution in [0.3, 0.4) is 0 Å². The molecule has 1 fully saturated rings. The van der Waals surface area contributed by atoms with Gasteiger partial charge in [-0.25, -0.2) is 0 Å². The zero-order valence-electron chi connectivity index (χ0n) is 12.3. The molecule has 1 N–H and O–H groups in total. The molecule has 1 atom stereocenters. The van der Waals surface area contributed by atoms with Crippen LogP contribution in [0.15, 0.2) is 18.5 Å². The number of rotatable bonds is 5. The lowest BCUT2D eigenvalue weighted by molar-refractivity contribution is -0.119. The summed E-state index contributed by atoms with van der Waals surface area (Å²) in [5, 5.41) is 16.1.